The van der Waals surface area contributed by atoms with E-state index in [9.17, 15) is 0 Å². The van der Waals surface area contributed by atoms with Gasteiger partial charge in [-0.2, -0.15) is 0 Å². The van der Waals surface area contributed by atoms with Gasteiger partial charge in [0, 0.05) is 6.04 Å². The predicted octanol–water partition coefficient (Wildman–Crippen LogP) is 2.04. The Balaban J connectivity index is 3.60. The van der Waals surface area contributed by atoms with E-state index in [0.29, 0.717) is 6.04 Å². The SMILES string of the molecule is CCC(CCCN(CC)CCCN(C)C)NC. The third-order valence-electron chi connectivity index (χ3n) is 3.45. The van der Waals surface area contributed by atoms with Crippen LogP contribution in [0.1, 0.15) is 39.5 Å². The van der Waals surface area contributed by atoms with Crippen LogP contribution in [0.15, 0.2) is 0 Å². The first-order valence-corrected chi connectivity index (χ1v) is 7.18. The highest BCUT2D eigenvalue weighted by Crippen LogP contribution is 2.03. The largest absolute Gasteiger partial charge is 0.317 e. The standard InChI is InChI=1S/C14H33N3/c1-6-14(15-3)10-8-12-17(7-2)13-9-11-16(4)5/h14-15H,6-13H2,1-5H3. The second-order valence-corrected chi connectivity index (χ2v) is 5.13. The average Bonchev–Trinajstić information content (AvgIpc) is 2.32. The second kappa shape index (κ2) is 11.0. The first-order chi connectivity index (χ1) is 8.13. The van der Waals surface area contributed by atoms with Gasteiger partial charge in [-0.25, -0.2) is 0 Å². The molecule has 0 aliphatic carbocycles. The molecule has 0 aliphatic rings. The van der Waals surface area contributed by atoms with Gasteiger partial charge in [-0.05, 0) is 73.0 Å². The van der Waals surface area contributed by atoms with Gasteiger partial charge in [0.05, 0.1) is 0 Å². The molecule has 3 heteroatoms. The molecule has 1 N–H and O–H groups in total. The zero-order valence-corrected chi connectivity index (χ0v) is 12.6. The van der Waals surface area contributed by atoms with Gasteiger partial charge in [-0.3, -0.25) is 0 Å². The van der Waals surface area contributed by atoms with Crippen molar-refractivity contribution < 1.29 is 0 Å². The van der Waals surface area contributed by atoms with E-state index in [1.165, 1.54) is 51.9 Å². The summed E-state index contributed by atoms with van der Waals surface area (Å²) in [6.07, 6.45) is 5.14. The van der Waals surface area contributed by atoms with Crippen LogP contribution in [0.25, 0.3) is 0 Å². The lowest BCUT2D eigenvalue weighted by Crippen LogP contribution is -2.30. The summed E-state index contributed by atoms with van der Waals surface area (Å²) in [5, 5.41) is 3.38. The topological polar surface area (TPSA) is 18.5 Å². The van der Waals surface area contributed by atoms with Gasteiger partial charge in [0.1, 0.15) is 0 Å². The molecular weight excluding hydrogens is 210 g/mol. The van der Waals surface area contributed by atoms with Crippen molar-refractivity contribution in [1.82, 2.24) is 15.1 Å². The molecule has 0 saturated heterocycles. The highest BCUT2D eigenvalue weighted by atomic mass is 15.1. The van der Waals surface area contributed by atoms with Gasteiger partial charge in [0.25, 0.3) is 0 Å². The van der Waals surface area contributed by atoms with E-state index in [1.54, 1.807) is 0 Å². The van der Waals surface area contributed by atoms with Crippen molar-refractivity contribution in [3.8, 4) is 0 Å². The number of hydrogen-bond donors (Lipinski definition) is 1. The minimum absolute atomic E-state index is 0.704. The second-order valence-electron chi connectivity index (χ2n) is 5.13. The van der Waals surface area contributed by atoms with E-state index in [4.69, 9.17) is 0 Å². The fraction of sp³-hybridized carbons (Fsp3) is 1.00. The van der Waals surface area contributed by atoms with E-state index < -0.39 is 0 Å². The van der Waals surface area contributed by atoms with Crippen molar-refractivity contribution in [2.75, 3.05) is 47.3 Å². The summed E-state index contributed by atoms with van der Waals surface area (Å²) in [7, 11) is 6.37. The molecule has 0 heterocycles. The summed E-state index contributed by atoms with van der Waals surface area (Å²) in [4.78, 5) is 4.84. The normalized spacial score (nSPS) is 13.6. The van der Waals surface area contributed by atoms with E-state index >= 15 is 0 Å². The molecule has 1 atom stereocenters. The third-order valence-corrected chi connectivity index (χ3v) is 3.45. The van der Waals surface area contributed by atoms with E-state index in [1.807, 2.05) is 0 Å². The van der Waals surface area contributed by atoms with Crippen LogP contribution in [-0.2, 0) is 0 Å². The van der Waals surface area contributed by atoms with Gasteiger partial charge < -0.3 is 15.1 Å². The molecule has 104 valence electrons. The van der Waals surface area contributed by atoms with E-state index in [2.05, 4.69) is 50.1 Å². The zero-order valence-electron chi connectivity index (χ0n) is 12.6. The quantitative estimate of drug-likeness (QED) is 0.599. The Morgan fingerprint density at radius 1 is 1.00 bits per heavy atom. The van der Waals surface area contributed by atoms with Crippen LogP contribution in [0, 0.1) is 0 Å². The van der Waals surface area contributed by atoms with Crippen molar-refractivity contribution in [3.05, 3.63) is 0 Å². The van der Waals surface area contributed by atoms with Crippen LogP contribution in [-0.4, -0.2) is 63.2 Å². The first kappa shape index (κ1) is 16.9. The van der Waals surface area contributed by atoms with Crippen LogP contribution in [0.4, 0.5) is 0 Å². The molecule has 0 aromatic carbocycles. The molecule has 0 bridgehead atoms. The fourth-order valence-corrected chi connectivity index (χ4v) is 2.15. The molecule has 0 aromatic heterocycles. The fourth-order valence-electron chi connectivity index (χ4n) is 2.15. The van der Waals surface area contributed by atoms with Gasteiger partial charge >= 0.3 is 0 Å². The Bertz CT molecular complexity index is 156. The smallest absolute Gasteiger partial charge is 0.00619 e. The summed E-state index contributed by atoms with van der Waals surface area (Å²) in [5.74, 6) is 0. The number of nitrogens with one attached hydrogen (secondary N) is 1. The van der Waals surface area contributed by atoms with Gasteiger partial charge in [-0.15, -0.1) is 0 Å². The zero-order chi connectivity index (χ0) is 13.1. The summed E-state index contributed by atoms with van der Waals surface area (Å²) in [6, 6.07) is 0.704. The maximum absolute atomic E-state index is 3.38. The Hall–Kier alpha value is -0.120. The van der Waals surface area contributed by atoms with E-state index in [-0.39, 0.29) is 0 Å². The predicted molar refractivity (Wildman–Crippen MR) is 77.7 cm³/mol. The Morgan fingerprint density at radius 3 is 2.12 bits per heavy atom. The molecule has 0 spiro atoms. The minimum atomic E-state index is 0.704. The Kier molecular flexibility index (Phi) is 10.9. The maximum atomic E-state index is 3.38. The van der Waals surface area contributed by atoms with Crippen LogP contribution in [0.2, 0.25) is 0 Å². The Labute approximate surface area is 109 Å². The molecule has 3 nitrogen and oxygen atoms in total. The maximum Gasteiger partial charge on any atom is 0.00619 e. The average molecular weight is 243 g/mol. The molecule has 0 aliphatic heterocycles. The van der Waals surface area contributed by atoms with E-state index in [0.717, 1.165) is 0 Å². The minimum Gasteiger partial charge on any atom is -0.317 e. The number of hydrogen-bond acceptors (Lipinski definition) is 3. The summed E-state index contributed by atoms with van der Waals surface area (Å²) >= 11 is 0. The molecular formula is C14H33N3. The van der Waals surface area contributed by atoms with Crippen molar-refractivity contribution in [3.63, 3.8) is 0 Å². The van der Waals surface area contributed by atoms with Crippen molar-refractivity contribution in [1.29, 1.82) is 0 Å². The molecule has 0 fully saturated rings. The lowest BCUT2D eigenvalue weighted by Gasteiger charge is -2.22. The first-order valence-electron chi connectivity index (χ1n) is 7.18. The van der Waals surface area contributed by atoms with Gasteiger partial charge in [0.2, 0.25) is 0 Å². The number of nitrogens with zero attached hydrogens (tertiary/aromatic N) is 2. The van der Waals surface area contributed by atoms with Gasteiger partial charge in [0.15, 0.2) is 0 Å². The molecule has 0 saturated carbocycles. The van der Waals surface area contributed by atoms with Crippen LogP contribution in [0.5, 0.6) is 0 Å². The molecule has 1 unspecified atom stereocenters. The molecule has 0 amide bonds. The molecule has 0 rings (SSSR count). The van der Waals surface area contributed by atoms with Gasteiger partial charge in [-0.1, -0.05) is 13.8 Å². The summed E-state index contributed by atoms with van der Waals surface area (Å²) in [6.45, 7) is 9.41. The highest BCUT2D eigenvalue weighted by Gasteiger charge is 2.05. The Morgan fingerprint density at radius 2 is 1.65 bits per heavy atom. The third kappa shape index (κ3) is 9.57. The van der Waals surface area contributed by atoms with Crippen LogP contribution < -0.4 is 5.32 Å². The number of rotatable bonds is 11. The summed E-state index contributed by atoms with van der Waals surface area (Å²) in [5.41, 5.74) is 0. The van der Waals surface area contributed by atoms with Crippen molar-refractivity contribution in [2.45, 2.75) is 45.6 Å². The van der Waals surface area contributed by atoms with Crippen LogP contribution >= 0.6 is 0 Å². The molecule has 17 heavy (non-hydrogen) atoms. The molecule has 0 radical (unpaired) electrons. The van der Waals surface area contributed by atoms with Crippen LogP contribution in [0.3, 0.4) is 0 Å². The van der Waals surface area contributed by atoms with Crippen molar-refractivity contribution in [2.24, 2.45) is 0 Å². The molecule has 0 aromatic rings. The lowest BCUT2D eigenvalue weighted by atomic mass is 10.1. The summed E-state index contributed by atoms with van der Waals surface area (Å²) < 4.78 is 0. The monoisotopic (exact) mass is 243 g/mol. The highest BCUT2D eigenvalue weighted by molar-refractivity contribution is 4.64. The van der Waals surface area contributed by atoms with Crippen molar-refractivity contribution >= 4 is 0 Å². The lowest BCUT2D eigenvalue weighted by molar-refractivity contribution is 0.257.